The smallest absolute Gasteiger partial charge is 0.317 e. The van der Waals surface area contributed by atoms with Crippen LogP contribution in [0.2, 0.25) is 5.02 Å². The molecule has 21 heavy (non-hydrogen) atoms. The highest BCUT2D eigenvalue weighted by Gasteiger charge is 2.14. The summed E-state index contributed by atoms with van der Waals surface area (Å²) < 4.78 is 0. The molecule has 1 aromatic rings. The van der Waals surface area contributed by atoms with Crippen LogP contribution in [0.3, 0.4) is 0 Å². The summed E-state index contributed by atoms with van der Waals surface area (Å²) in [6.07, 6.45) is 0.559. The van der Waals surface area contributed by atoms with Crippen LogP contribution >= 0.6 is 11.6 Å². The van der Waals surface area contributed by atoms with Crippen molar-refractivity contribution < 1.29 is 14.7 Å². The molecule has 1 rings (SSSR count). The molecule has 0 aliphatic heterocycles. The van der Waals surface area contributed by atoms with Gasteiger partial charge in [-0.1, -0.05) is 23.4 Å². The molecule has 0 aliphatic carbocycles. The first-order valence-corrected chi connectivity index (χ1v) is 6.67. The summed E-state index contributed by atoms with van der Waals surface area (Å²) in [7, 11) is 0. The molecule has 0 fully saturated rings. The third-order valence-electron chi connectivity index (χ3n) is 2.57. The summed E-state index contributed by atoms with van der Waals surface area (Å²) in [5.41, 5.74) is 0.879. The van der Waals surface area contributed by atoms with E-state index in [0.29, 0.717) is 23.7 Å². The van der Waals surface area contributed by atoms with Crippen LogP contribution in [0.4, 0.5) is 5.69 Å². The number of carbonyl (C=O) groups excluding carboxylic acids is 1. The quantitative estimate of drug-likeness (QED) is 0.554. The molecule has 0 unspecified atom stereocenters. The molecule has 3 N–H and O–H groups in total. The van der Waals surface area contributed by atoms with Gasteiger partial charge in [0.15, 0.2) is 0 Å². The average Bonchev–Trinajstić information content (AvgIpc) is 2.39. The van der Waals surface area contributed by atoms with E-state index in [2.05, 4.69) is 22.5 Å². The van der Waals surface area contributed by atoms with Crippen LogP contribution in [0.25, 0.3) is 0 Å². The number of amides is 1. The maximum absolute atomic E-state index is 10.4. The predicted molar refractivity (Wildman–Crippen MR) is 82.3 cm³/mol. The fourth-order valence-electron chi connectivity index (χ4n) is 1.54. The van der Waals surface area contributed by atoms with Crippen LogP contribution in [0.15, 0.2) is 18.2 Å². The topological polar surface area (TPSA) is 78.4 Å². The molecule has 0 saturated carbocycles. The van der Waals surface area contributed by atoms with Gasteiger partial charge in [0, 0.05) is 17.5 Å². The van der Waals surface area contributed by atoms with Gasteiger partial charge in [0.1, 0.15) is 0 Å². The van der Waals surface area contributed by atoms with E-state index in [4.69, 9.17) is 16.7 Å². The predicted octanol–water partition coefficient (Wildman–Crippen LogP) is 1.96. The molecule has 0 radical (unpaired) electrons. The average molecular weight is 309 g/mol. The number of anilines is 1. The minimum absolute atomic E-state index is 0.0942. The van der Waals surface area contributed by atoms with Crippen molar-refractivity contribution in [2.75, 3.05) is 18.4 Å². The van der Waals surface area contributed by atoms with Crippen molar-refractivity contribution in [3.63, 3.8) is 0 Å². The number of hydrogen-bond acceptors (Lipinski definition) is 3. The van der Waals surface area contributed by atoms with Crippen molar-refractivity contribution in [2.45, 2.75) is 13.8 Å². The van der Waals surface area contributed by atoms with E-state index in [0.717, 1.165) is 5.56 Å². The Bertz CT molecular complexity index is 588. The van der Waals surface area contributed by atoms with E-state index in [-0.39, 0.29) is 12.0 Å². The monoisotopic (exact) mass is 308 g/mol. The summed E-state index contributed by atoms with van der Waals surface area (Å²) in [6, 6.07) is 5.10. The Balaban J connectivity index is 2.74. The Kier molecular flexibility index (Phi) is 6.22. The van der Waals surface area contributed by atoms with Gasteiger partial charge < -0.3 is 15.7 Å². The first kappa shape index (κ1) is 17.0. The van der Waals surface area contributed by atoms with Crippen molar-refractivity contribution in [2.24, 2.45) is 5.41 Å². The molecular formula is C15H17ClN2O3. The number of halogens is 1. The van der Waals surface area contributed by atoms with E-state index in [1.54, 1.807) is 18.2 Å². The summed E-state index contributed by atoms with van der Waals surface area (Å²) in [5, 5.41) is 14.3. The summed E-state index contributed by atoms with van der Waals surface area (Å²) in [6.45, 7) is 4.20. The fraction of sp³-hybridized carbons (Fsp3) is 0.333. The van der Waals surface area contributed by atoms with Crippen molar-refractivity contribution in [1.29, 1.82) is 0 Å². The van der Waals surface area contributed by atoms with Gasteiger partial charge in [0.2, 0.25) is 6.41 Å². The number of carboxylic acid groups (broad SMARTS) is 1. The second kappa shape index (κ2) is 7.67. The Labute approximate surface area is 128 Å². The SMILES string of the molecule is CC(C)(C#Cc1ccc(NC=O)c(Cl)c1)CNCC(=O)O. The van der Waals surface area contributed by atoms with Gasteiger partial charge in [0.05, 0.1) is 17.3 Å². The summed E-state index contributed by atoms with van der Waals surface area (Å²) >= 11 is 6.01. The molecule has 0 spiro atoms. The van der Waals surface area contributed by atoms with Crippen LogP contribution < -0.4 is 10.6 Å². The van der Waals surface area contributed by atoms with Gasteiger partial charge in [-0.05, 0) is 32.0 Å². The van der Waals surface area contributed by atoms with Gasteiger partial charge in [-0.3, -0.25) is 9.59 Å². The number of benzene rings is 1. The molecule has 0 heterocycles. The highest BCUT2D eigenvalue weighted by Crippen LogP contribution is 2.22. The maximum Gasteiger partial charge on any atom is 0.317 e. The molecule has 0 aliphatic rings. The number of carbonyl (C=O) groups is 2. The van der Waals surface area contributed by atoms with E-state index in [9.17, 15) is 9.59 Å². The molecule has 5 nitrogen and oxygen atoms in total. The van der Waals surface area contributed by atoms with Gasteiger partial charge >= 0.3 is 5.97 Å². The zero-order chi connectivity index (χ0) is 15.9. The third kappa shape index (κ3) is 6.30. The van der Waals surface area contributed by atoms with E-state index in [1.807, 2.05) is 13.8 Å². The van der Waals surface area contributed by atoms with Gasteiger partial charge in [-0.15, -0.1) is 0 Å². The van der Waals surface area contributed by atoms with E-state index in [1.165, 1.54) is 0 Å². The lowest BCUT2D eigenvalue weighted by Crippen LogP contribution is -2.32. The Morgan fingerprint density at radius 2 is 2.19 bits per heavy atom. The van der Waals surface area contributed by atoms with Crippen LogP contribution in [-0.2, 0) is 9.59 Å². The molecule has 1 aromatic carbocycles. The van der Waals surface area contributed by atoms with Crippen LogP contribution in [-0.4, -0.2) is 30.6 Å². The van der Waals surface area contributed by atoms with Crippen LogP contribution in [0, 0.1) is 17.3 Å². The second-order valence-corrected chi connectivity index (χ2v) is 5.50. The zero-order valence-corrected chi connectivity index (χ0v) is 12.6. The normalized spacial score (nSPS) is 10.4. The van der Waals surface area contributed by atoms with Crippen molar-refractivity contribution in [1.82, 2.24) is 5.32 Å². The largest absolute Gasteiger partial charge is 0.480 e. The number of carboxylic acids is 1. The van der Waals surface area contributed by atoms with Crippen LogP contribution in [0.1, 0.15) is 19.4 Å². The van der Waals surface area contributed by atoms with Crippen molar-refractivity contribution in [3.05, 3.63) is 28.8 Å². The Morgan fingerprint density at radius 1 is 1.48 bits per heavy atom. The molecular weight excluding hydrogens is 292 g/mol. The molecule has 1 amide bonds. The minimum atomic E-state index is -0.899. The zero-order valence-electron chi connectivity index (χ0n) is 11.9. The van der Waals surface area contributed by atoms with Crippen LogP contribution in [0.5, 0.6) is 0 Å². The molecule has 6 heteroatoms. The number of rotatable bonds is 6. The first-order valence-electron chi connectivity index (χ1n) is 6.29. The van der Waals surface area contributed by atoms with Gasteiger partial charge in [-0.25, -0.2) is 0 Å². The molecule has 0 saturated heterocycles. The second-order valence-electron chi connectivity index (χ2n) is 5.09. The number of nitrogens with one attached hydrogen (secondary N) is 2. The standard InChI is InChI=1S/C15H17ClN2O3/c1-15(2,9-17-8-14(20)21)6-5-11-3-4-13(18-10-19)12(16)7-11/h3-4,7,10,17H,8-9H2,1-2H3,(H,18,19)(H,20,21). The number of aliphatic carboxylic acids is 1. The molecule has 112 valence electrons. The lowest BCUT2D eigenvalue weighted by Gasteiger charge is -2.17. The first-order chi connectivity index (χ1) is 9.84. The summed E-state index contributed by atoms with van der Waals surface area (Å²) in [5.74, 6) is 5.17. The van der Waals surface area contributed by atoms with E-state index < -0.39 is 5.97 Å². The Morgan fingerprint density at radius 3 is 2.76 bits per heavy atom. The van der Waals surface area contributed by atoms with E-state index >= 15 is 0 Å². The maximum atomic E-state index is 10.4. The highest BCUT2D eigenvalue weighted by molar-refractivity contribution is 6.33. The van der Waals surface area contributed by atoms with Gasteiger partial charge in [0.25, 0.3) is 0 Å². The van der Waals surface area contributed by atoms with Crippen molar-refractivity contribution in [3.8, 4) is 11.8 Å². The third-order valence-corrected chi connectivity index (χ3v) is 2.88. The molecule has 0 bridgehead atoms. The van der Waals surface area contributed by atoms with Crippen molar-refractivity contribution >= 4 is 29.7 Å². The van der Waals surface area contributed by atoms with Gasteiger partial charge in [-0.2, -0.15) is 0 Å². The molecule has 0 atom stereocenters. The lowest BCUT2D eigenvalue weighted by atomic mass is 9.94. The fourth-order valence-corrected chi connectivity index (χ4v) is 1.78. The summed E-state index contributed by atoms with van der Waals surface area (Å²) in [4.78, 5) is 20.8. The minimum Gasteiger partial charge on any atom is -0.480 e. The lowest BCUT2D eigenvalue weighted by molar-refractivity contribution is -0.136. The highest BCUT2D eigenvalue weighted by atomic mass is 35.5. The Hall–Kier alpha value is -2.03. The number of hydrogen-bond donors (Lipinski definition) is 3. The molecule has 0 aromatic heterocycles.